The molecule has 0 bridgehead atoms. The molecule has 1 radical (unpaired) electrons. The van der Waals surface area contributed by atoms with Gasteiger partial charge in [0.05, 0.1) is 0 Å². The fourth-order valence-electron chi connectivity index (χ4n) is 0.760. The summed E-state index contributed by atoms with van der Waals surface area (Å²) in [6.07, 6.45) is 6.18. The fourth-order valence-corrected chi connectivity index (χ4v) is 0.760. The summed E-state index contributed by atoms with van der Waals surface area (Å²) in [5, 5.41) is 5.03. The second kappa shape index (κ2) is 5.28. The Labute approximate surface area is 96.9 Å². The van der Waals surface area contributed by atoms with Crippen LogP contribution in [0.25, 0.3) is 0 Å². The Morgan fingerprint density at radius 2 is 2.33 bits per heavy atom. The molecular weight excluding hydrogens is 229 g/mol. The van der Waals surface area contributed by atoms with Gasteiger partial charge in [-0.3, -0.25) is 6.08 Å². The summed E-state index contributed by atoms with van der Waals surface area (Å²) >= 11 is 0. The molecule has 2 N–H and O–H groups in total. The van der Waals surface area contributed by atoms with E-state index >= 15 is 0 Å². The molecular formula is C8H9N2OY-. The van der Waals surface area contributed by atoms with E-state index < -0.39 is 0 Å². The quantitative estimate of drug-likeness (QED) is 0.659. The zero-order valence-electron chi connectivity index (χ0n) is 6.85. The Kier molecular flexibility index (Phi) is 5.10. The van der Waals surface area contributed by atoms with Gasteiger partial charge in [0.2, 0.25) is 0 Å². The molecule has 0 saturated heterocycles. The summed E-state index contributed by atoms with van der Waals surface area (Å²) in [6, 6.07) is -0.247. The molecule has 4 heteroatoms. The second-order valence-corrected chi connectivity index (χ2v) is 2.11. The molecule has 0 aliphatic carbocycles. The molecule has 0 atom stereocenters. The van der Waals surface area contributed by atoms with E-state index in [1.807, 2.05) is 0 Å². The minimum atomic E-state index is -0.247. The van der Waals surface area contributed by atoms with Crippen LogP contribution >= 0.6 is 0 Å². The summed E-state index contributed by atoms with van der Waals surface area (Å²) < 4.78 is 0. The van der Waals surface area contributed by atoms with Gasteiger partial charge in [-0.1, -0.05) is 12.8 Å². The van der Waals surface area contributed by atoms with Crippen LogP contribution in [0.3, 0.4) is 0 Å². The molecule has 3 nitrogen and oxygen atoms in total. The Balaban J connectivity index is 0.00000121. The predicted molar refractivity (Wildman–Crippen MR) is 42.4 cm³/mol. The molecule has 1 heterocycles. The number of nitrogens with one attached hydrogen (secondary N) is 2. The third-order valence-corrected chi connectivity index (χ3v) is 1.27. The van der Waals surface area contributed by atoms with Gasteiger partial charge in [-0.05, 0) is 5.70 Å². The first-order chi connectivity index (χ1) is 5.24. The first-order valence-electron chi connectivity index (χ1n) is 3.21. The van der Waals surface area contributed by atoms with E-state index in [1.165, 1.54) is 0 Å². The zero-order valence-corrected chi connectivity index (χ0v) is 9.69. The van der Waals surface area contributed by atoms with Gasteiger partial charge in [-0.15, -0.1) is 12.5 Å². The molecule has 12 heavy (non-hydrogen) atoms. The van der Waals surface area contributed by atoms with Gasteiger partial charge in [0.25, 0.3) is 0 Å². The van der Waals surface area contributed by atoms with Gasteiger partial charge in [0.1, 0.15) is 0 Å². The van der Waals surface area contributed by atoms with Crippen molar-refractivity contribution in [3.05, 3.63) is 36.2 Å². The molecule has 1 aliphatic heterocycles. The summed E-state index contributed by atoms with van der Waals surface area (Å²) in [5.41, 5.74) is 1.44. The summed E-state index contributed by atoms with van der Waals surface area (Å²) in [4.78, 5) is 10.7. The van der Waals surface area contributed by atoms with E-state index in [4.69, 9.17) is 0 Å². The van der Waals surface area contributed by atoms with E-state index in [0.717, 1.165) is 5.57 Å². The number of amides is 2. The summed E-state index contributed by atoms with van der Waals surface area (Å²) in [5.74, 6) is 0. The molecule has 0 fully saturated rings. The van der Waals surface area contributed by atoms with Crippen LogP contribution in [0.1, 0.15) is 6.92 Å². The Hall–Kier alpha value is -0.406. The third-order valence-electron chi connectivity index (χ3n) is 1.27. The minimum absolute atomic E-state index is 0. The van der Waals surface area contributed by atoms with Crippen molar-refractivity contribution < 1.29 is 37.5 Å². The maximum absolute atomic E-state index is 10.7. The Morgan fingerprint density at radius 1 is 1.67 bits per heavy atom. The molecule has 0 spiro atoms. The van der Waals surface area contributed by atoms with Crippen LogP contribution in [0.5, 0.6) is 0 Å². The van der Waals surface area contributed by atoms with E-state index in [9.17, 15) is 4.79 Å². The van der Waals surface area contributed by atoms with E-state index in [0.29, 0.717) is 5.70 Å². The van der Waals surface area contributed by atoms with Crippen LogP contribution in [0.2, 0.25) is 0 Å². The van der Waals surface area contributed by atoms with Gasteiger partial charge in [0, 0.05) is 32.7 Å². The maximum atomic E-state index is 10.7. The molecule has 0 aromatic heterocycles. The summed E-state index contributed by atoms with van der Waals surface area (Å²) in [6.45, 7) is 5.44. The van der Waals surface area contributed by atoms with Gasteiger partial charge in [-0.2, -0.15) is 0 Å². The SMILES string of the molecule is C=C1NC(=O)NC=C1C=[C-]C.[Y]. The molecule has 61 valence electrons. The number of urea groups is 1. The fraction of sp³-hybridized carbons (Fsp3) is 0.125. The van der Waals surface area contributed by atoms with Crippen LogP contribution in [0.4, 0.5) is 4.79 Å². The first-order valence-corrected chi connectivity index (χ1v) is 3.21. The van der Waals surface area contributed by atoms with Crippen molar-refractivity contribution in [3.63, 3.8) is 0 Å². The molecule has 0 aromatic carbocycles. The van der Waals surface area contributed by atoms with Gasteiger partial charge < -0.3 is 10.6 Å². The molecule has 0 unspecified atom stereocenters. The van der Waals surface area contributed by atoms with E-state index in [1.54, 1.807) is 19.2 Å². The Morgan fingerprint density at radius 3 is 2.83 bits per heavy atom. The van der Waals surface area contributed by atoms with Crippen LogP contribution in [0.15, 0.2) is 30.1 Å². The average molecular weight is 238 g/mol. The van der Waals surface area contributed by atoms with Crippen LogP contribution in [-0.4, -0.2) is 6.03 Å². The van der Waals surface area contributed by atoms with Gasteiger partial charge in [-0.25, -0.2) is 10.9 Å². The number of hydrogen-bond acceptors (Lipinski definition) is 1. The van der Waals surface area contributed by atoms with Crippen molar-refractivity contribution in [1.82, 2.24) is 10.6 Å². The van der Waals surface area contributed by atoms with Crippen LogP contribution < -0.4 is 10.6 Å². The average Bonchev–Trinajstić information content (AvgIpc) is 1.95. The molecule has 1 rings (SSSR count). The van der Waals surface area contributed by atoms with Crippen molar-refractivity contribution in [1.29, 1.82) is 0 Å². The van der Waals surface area contributed by atoms with Crippen molar-refractivity contribution in [2.75, 3.05) is 0 Å². The molecule has 1 aliphatic rings. The monoisotopic (exact) mass is 238 g/mol. The van der Waals surface area contributed by atoms with Crippen molar-refractivity contribution in [2.24, 2.45) is 0 Å². The number of carbonyl (C=O) groups is 1. The number of hydrogen-bond donors (Lipinski definition) is 2. The zero-order chi connectivity index (χ0) is 8.27. The molecule has 2 amide bonds. The smallest absolute Gasteiger partial charge is 0.320 e. The molecule has 0 aromatic rings. The third kappa shape index (κ3) is 2.91. The van der Waals surface area contributed by atoms with E-state index in [-0.39, 0.29) is 38.7 Å². The van der Waals surface area contributed by atoms with Crippen LogP contribution in [-0.2, 0) is 32.7 Å². The normalized spacial score (nSPS) is 16.2. The first kappa shape index (κ1) is 11.6. The van der Waals surface area contributed by atoms with Gasteiger partial charge in [0.15, 0.2) is 0 Å². The van der Waals surface area contributed by atoms with Crippen LogP contribution in [0, 0.1) is 6.08 Å². The van der Waals surface area contributed by atoms with Crippen molar-refractivity contribution >= 4 is 6.03 Å². The topological polar surface area (TPSA) is 41.1 Å². The number of carbonyl (C=O) groups excluding carboxylic acids is 1. The van der Waals surface area contributed by atoms with Crippen molar-refractivity contribution in [2.45, 2.75) is 6.92 Å². The largest absolute Gasteiger partial charge is 0.331 e. The number of rotatable bonds is 1. The number of allylic oxidation sites excluding steroid dienone is 2. The Bertz CT molecular complexity index is 256. The van der Waals surface area contributed by atoms with Crippen molar-refractivity contribution in [3.8, 4) is 0 Å². The molecule has 0 saturated carbocycles. The maximum Gasteiger partial charge on any atom is 0.320 e. The standard InChI is InChI=1S/C8H9N2O.Y/c1-3-4-7-5-9-8(11)10-6(7)2;/h4-5H,2H2,1H3,(H2,9,10,11);/q-1;. The predicted octanol–water partition coefficient (Wildman–Crippen LogP) is 1.07. The second-order valence-electron chi connectivity index (χ2n) is 2.11. The minimum Gasteiger partial charge on any atom is -0.331 e. The van der Waals surface area contributed by atoms with Gasteiger partial charge >= 0.3 is 6.03 Å². The summed E-state index contributed by atoms with van der Waals surface area (Å²) in [7, 11) is 0. The van der Waals surface area contributed by atoms with E-state index in [2.05, 4.69) is 23.3 Å².